The van der Waals surface area contributed by atoms with Gasteiger partial charge in [-0.05, 0) is 50.3 Å². The van der Waals surface area contributed by atoms with Crippen LogP contribution in [0, 0.1) is 5.92 Å². The van der Waals surface area contributed by atoms with Crippen molar-refractivity contribution in [1.29, 1.82) is 0 Å². The molecule has 2 atom stereocenters. The van der Waals surface area contributed by atoms with Gasteiger partial charge in [-0.25, -0.2) is 0 Å². The van der Waals surface area contributed by atoms with Crippen LogP contribution in [0.15, 0.2) is 24.3 Å². The lowest BCUT2D eigenvalue weighted by molar-refractivity contribution is -0.158. The highest BCUT2D eigenvalue weighted by atomic mass is 16.3. The molecule has 1 aliphatic carbocycles. The van der Waals surface area contributed by atoms with E-state index < -0.39 is 11.6 Å². The lowest BCUT2D eigenvalue weighted by atomic mass is 9.88. The van der Waals surface area contributed by atoms with Gasteiger partial charge < -0.3 is 15.3 Å². The second-order valence-electron chi connectivity index (χ2n) is 6.21. The Morgan fingerprint density at radius 2 is 1.90 bits per heavy atom. The highest BCUT2D eigenvalue weighted by molar-refractivity contribution is 5.99. The number of phenols is 1. The molecule has 2 aliphatic rings. The molecule has 0 bridgehead atoms. The van der Waals surface area contributed by atoms with Gasteiger partial charge in [-0.3, -0.25) is 9.59 Å². The Kier molecular flexibility index (Phi) is 3.15. The van der Waals surface area contributed by atoms with Crippen LogP contribution >= 0.6 is 0 Å². The number of carbonyl (C=O) groups excluding carboxylic acids is 2. The lowest BCUT2D eigenvalue weighted by Gasteiger charge is -2.46. The van der Waals surface area contributed by atoms with Crippen LogP contribution in [-0.2, 0) is 16.1 Å². The fourth-order valence-electron chi connectivity index (χ4n) is 3.07. The fourth-order valence-corrected chi connectivity index (χ4v) is 3.07. The van der Waals surface area contributed by atoms with Crippen LogP contribution in [0.4, 0.5) is 0 Å². The molecule has 5 nitrogen and oxygen atoms in total. The van der Waals surface area contributed by atoms with Crippen LogP contribution in [0.5, 0.6) is 5.75 Å². The normalized spacial score (nSPS) is 29.4. The monoisotopic (exact) mass is 288 g/mol. The molecule has 0 radical (unpaired) electrons. The molecule has 112 valence electrons. The Morgan fingerprint density at radius 1 is 1.29 bits per heavy atom. The third-order valence-electron chi connectivity index (χ3n) is 4.65. The third-order valence-corrected chi connectivity index (χ3v) is 4.65. The van der Waals surface area contributed by atoms with Crippen LogP contribution in [0.25, 0.3) is 0 Å². The summed E-state index contributed by atoms with van der Waals surface area (Å²) in [6.45, 7) is 3.98. The summed E-state index contributed by atoms with van der Waals surface area (Å²) in [5.74, 6) is 0.332. The molecule has 2 N–H and O–H groups in total. The van der Waals surface area contributed by atoms with Crippen LogP contribution < -0.4 is 5.32 Å². The van der Waals surface area contributed by atoms with Gasteiger partial charge in [0.05, 0.1) is 0 Å². The topological polar surface area (TPSA) is 69.6 Å². The zero-order chi connectivity index (χ0) is 15.2. The number of phenolic OH excluding ortho intramolecular Hbond substituents is 1. The number of aromatic hydroxyl groups is 1. The first-order chi connectivity index (χ1) is 9.92. The van der Waals surface area contributed by atoms with Gasteiger partial charge in [-0.15, -0.1) is 0 Å². The van der Waals surface area contributed by atoms with Gasteiger partial charge in [0.25, 0.3) is 0 Å². The molecule has 2 unspecified atom stereocenters. The second kappa shape index (κ2) is 4.76. The van der Waals surface area contributed by atoms with Crippen molar-refractivity contribution in [2.24, 2.45) is 5.92 Å². The zero-order valence-electron chi connectivity index (χ0n) is 12.3. The van der Waals surface area contributed by atoms with Crippen molar-refractivity contribution >= 4 is 11.8 Å². The molecule has 1 heterocycles. The highest BCUT2D eigenvalue weighted by Crippen LogP contribution is 2.45. The molecule has 1 saturated carbocycles. The standard InChI is InChI=1S/C16H20N2O3/c1-10-14(20)18(9-11-3-7-13(19)8-4-11)16(2,12-5-6-12)15(21)17-10/h3-4,7-8,10,12,19H,5-6,9H2,1-2H3,(H,17,21). The van der Waals surface area contributed by atoms with Crippen LogP contribution in [-0.4, -0.2) is 33.4 Å². The maximum absolute atomic E-state index is 12.6. The predicted molar refractivity (Wildman–Crippen MR) is 77.4 cm³/mol. The zero-order valence-corrected chi connectivity index (χ0v) is 12.3. The largest absolute Gasteiger partial charge is 0.508 e. The lowest BCUT2D eigenvalue weighted by Crippen LogP contribution is -2.69. The number of hydrogen-bond donors (Lipinski definition) is 2. The number of piperazine rings is 1. The summed E-state index contributed by atoms with van der Waals surface area (Å²) >= 11 is 0. The summed E-state index contributed by atoms with van der Waals surface area (Å²) in [7, 11) is 0. The molecular weight excluding hydrogens is 268 g/mol. The molecular formula is C16H20N2O3. The maximum atomic E-state index is 12.6. The Balaban J connectivity index is 1.92. The van der Waals surface area contributed by atoms with Crippen molar-refractivity contribution in [2.45, 2.75) is 44.8 Å². The molecule has 21 heavy (non-hydrogen) atoms. The Bertz CT molecular complexity index is 580. The summed E-state index contributed by atoms with van der Waals surface area (Å²) in [4.78, 5) is 26.7. The predicted octanol–water partition coefficient (Wildman–Crippen LogP) is 1.41. The minimum Gasteiger partial charge on any atom is -0.508 e. The van der Waals surface area contributed by atoms with E-state index in [9.17, 15) is 14.7 Å². The molecule has 1 aromatic carbocycles. The number of nitrogens with zero attached hydrogens (tertiary/aromatic N) is 1. The van der Waals surface area contributed by atoms with Crippen LogP contribution in [0.2, 0.25) is 0 Å². The van der Waals surface area contributed by atoms with E-state index in [1.54, 1.807) is 36.1 Å². The first-order valence-electron chi connectivity index (χ1n) is 7.33. The van der Waals surface area contributed by atoms with Crippen molar-refractivity contribution in [2.75, 3.05) is 0 Å². The molecule has 2 amide bonds. The first kappa shape index (κ1) is 13.9. The summed E-state index contributed by atoms with van der Waals surface area (Å²) in [6, 6.07) is 6.28. The minimum atomic E-state index is -0.762. The summed E-state index contributed by atoms with van der Waals surface area (Å²) in [5, 5.41) is 12.2. The average Bonchev–Trinajstić information content (AvgIpc) is 3.28. The number of amides is 2. The van der Waals surface area contributed by atoms with E-state index in [4.69, 9.17) is 0 Å². The van der Waals surface area contributed by atoms with Gasteiger partial charge in [0.1, 0.15) is 17.3 Å². The SMILES string of the molecule is CC1NC(=O)C(C)(C2CC2)N(Cc2ccc(O)cc2)C1=O. The smallest absolute Gasteiger partial charge is 0.246 e. The fraction of sp³-hybridized carbons (Fsp3) is 0.500. The first-order valence-corrected chi connectivity index (χ1v) is 7.33. The summed E-state index contributed by atoms with van der Waals surface area (Å²) < 4.78 is 0. The van der Waals surface area contributed by atoms with Crippen molar-refractivity contribution in [1.82, 2.24) is 10.2 Å². The Hall–Kier alpha value is -2.04. The van der Waals surface area contributed by atoms with Gasteiger partial charge in [0, 0.05) is 6.54 Å². The maximum Gasteiger partial charge on any atom is 0.246 e. The molecule has 0 aromatic heterocycles. The number of rotatable bonds is 3. The van der Waals surface area contributed by atoms with Crippen molar-refractivity contribution < 1.29 is 14.7 Å². The highest BCUT2D eigenvalue weighted by Gasteiger charge is 2.56. The van der Waals surface area contributed by atoms with Gasteiger partial charge in [-0.1, -0.05) is 12.1 Å². The number of benzene rings is 1. The summed E-state index contributed by atoms with van der Waals surface area (Å²) in [6.07, 6.45) is 1.97. The van der Waals surface area contributed by atoms with Crippen molar-refractivity contribution in [3.8, 4) is 5.75 Å². The molecule has 2 fully saturated rings. The average molecular weight is 288 g/mol. The van der Waals surface area contributed by atoms with E-state index in [2.05, 4.69) is 5.32 Å². The van der Waals surface area contributed by atoms with Crippen LogP contribution in [0.1, 0.15) is 32.3 Å². The van der Waals surface area contributed by atoms with Gasteiger partial charge in [0.15, 0.2) is 0 Å². The Labute approximate surface area is 123 Å². The molecule has 0 spiro atoms. The summed E-state index contributed by atoms with van der Waals surface area (Å²) in [5.41, 5.74) is 0.150. The molecule has 3 rings (SSSR count). The van der Waals surface area contributed by atoms with E-state index in [0.717, 1.165) is 18.4 Å². The van der Waals surface area contributed by atoms with E-state index in [1.807, 2.05) is 6.92 Å². The van der Waals surface area contributed by atoms with Gasteiger partial charge >= 0.3 is 0 Å². The molecule has 5 heteroatoms. The molecule has 1 saturated heterocycles. The number of carbonyl (C=O) groups is 2. The van der Waals surface area contributed by atoms with E-state index >= 15 is 0 Å². The van der Waals surface area contributed by atoms with E-state index in [1.165, 1.54) is 0 Å². The van der Waals surface area contributed by atoms with E-state index in [0.29, 0.717) is 6.54 Å². The second-order valence-corrected chi connectivity index (χ2v) is 6.21. The number of hydrogen-bond acceptors (Lipinski definition) is 3. The van der Waals surface area contributed by atoms with Gasteiger partial charge in [0.2, 0.25) is 11.8 Å². The quantitative estimate of drug-likeness (QED) is 0.883. The Morgan fingerprint density at radius 3 is 2.48 bits per heavy atom. The van der Waals surface area contributed by atoms with Gasteiger partial charge in [-0.2, -0.15) is 0 Å². The van der Waals surface area contributed by atoms with Crippen LogP contribution in [0.3, 0.4) is 0 Å². The number of nitrogens with one attached hydrogen (secondary N) is 1. The molecule has 1 aromatic rings. The van der Waals surface area contributed by atoms with Crippen molar-refractivity contribution in [3.05, 3.63) is 29.8 Å². The van der Waals surface area contributed by atoms with Crippen molar-refractivity contribution in [3.63, 3.8) is 0 Å². The third kappa shape index (κ3) is 2.26. The minimum absolute atomic E-state index is 0.0444. The van der Waals surface area contributed by atoms with E-state index in [-0.39, 0.29) is 23.5 Å². The molecule has 1 aliphatic heterocycles.